The van der Waals surface area contributed by atoms with Gasteiger partial charge >= 0.3 is 0 Å². The highest BCUT2D eigenvalue weighted by atomic mass is 15.1. The molecule has 18 heavy (non-hydrogen) atoms. The molecule has 0 aliphatic carbocycles. The Balaban J connectivity index is 1.77. The first-order chi connectivity index (χ1) is 8.66. The summed E-state index contributed by atoms with van der Waals surface area (Å²) in [5, 5.41) is 3.57. The van der Waals surface area contributed by atoms with Gasteiger partial charge in [0, 0.05) is 18.8 Å². The summed E-state index contributed by atoms with van der Waals surface area (Å²) in [7, 11) is 0. The van der Waals surface area contributed by atoms with Crippen molar-refractivity contribution in [3.05, 3.63) is 29.3 Å². The molecule has 2 rings (SSSR count). The number of rotatable bonds is 4. The summed E-state index contributed by atoms with van der Waals surface area (Å²) in [5.41, 5.74) is 4.04. The summed E-state index contributed by atoms with van der Waals surface area (Å²) in [6.45, 7) is 11.5. The fourth-order valence-electron chi connectivity index (χ4n) is 2.58. The number of anilines is 1. The molecule has 2 heteroatoms. The number of piperidine rings is 1. The Kier molecular flexibility index (Phi) is 4.65. The van der Waals surface area contributed by atoms with Gasteiger partial charge in [-0.3, -0.25) is 0 Å². The average Bonchev–Trinajstić information content (AvgIpc) is 2.37. The van der Waals surface area contributed by atoms with Gasteiger partial charge < -0.3 is 10.2 Å². The molecule has 0 amide bonds. The van der Waals surface area contributed by atoms with Gasteiger partial charge in [0.2, 0.25) is 0 Å². The standard InChI is InChI=1S/C16H26N2/c1-13-7-10-18(11-8-13)12-9-17-16-6-4-5-14(2)15(16)3/h4-6,13,17H,7-12H2,1-3H3. The Morgan fingerprint density at radius 3 is 2.67 bits per heavy atom. The van der Waals surface area contributed by atoms with Gasteiger partial charge in [0.15, 0.2) is 0 Å². The first-order valence-corrected chi connectivity index (χ1v) is 7.19. The van der Waals surface area contributed by atoms with Gasteiger partial charge in [-0.15, -0.1) is 0 Å². The lowest BCUT2D eigenvalue weighted by atomic mass is 9.99. The lowest BCUT2D eigenvalue weighted by Crippen LogP contribution is -2.36. The molecule has 0 saturated carbocycles. The van der Waals surface area contributed by atoms with Crippen molar-refractivity contribution >= 4 is 5.69 Å². The van der Waals surface area contributed by atoms with Crippen molar-refractivity contribution in [2.45, 2.75) is 33.6 Å². The molecule has 1 heterocycles. The maximum absolute atomic E-state index is 3.57. The van der Waals surface area contributed by atoms with E-state index < -0.39 is 0 Å². The number of benzene rings is 1. The van der Waals surface area contributed by atoms with E-state index in [4.69, 9.17) is 0 Å². The first-order valence-electron chi connectivity index (χ1n) is 7.19. The zero-order chi connectivity index (χ0) is 13.0. The molecule has 1 aliphatic heterocycles. The molecule has 0 radical (unpaired) electrons. The molecular formula is C16H26N2. The molecule has 0 bridgehead atoms. The van der Waals surface area contributed by atoms with Crippen LogP contribution in [0.15, 0.2) is 18.2 Å². The molecular weight excluding hydrogens is 220 g/mol. The van der Waals surface area contributed by atoms with E-state index in [1.54, 1.807) is 0 Å². The zero-order valence-electron chi connectivity index (χ0n) is 12.0. The summed E-state index contributed by atoms with van der Waals surface area (Å²) >= 11 is 0. The summed E-state index contributed by atoms with van der Waals surface area (Å²) in [6, 6.07) is 6.49. The SMILES string of the molecule is Cc1cccc(NCCN2CCC(C)CC2)c1C. The fourth-order valence-corrected chi connectivity index (χ4v) is 2.58. The van der Waals surface area contributed by atoms with Gasteiger partial charge in [0.1, 0.15) is 0 Å². The normalized spacial score (nSPS) is 17.9. The molecule has 0 unspecified atom stereocenters. The van der Waals surface area contributed by atoms with E-state index in [0.29, 0.717) is 0 Å². The second kappa shape index (κ2) is 6.24. The highest BCUT2D eigenvalue weighted by Gasteiger charge is 2.14. The van der Waals surface area contributed by atoms with Crippen LogP contribution in [0.3, 0.4) is 0 Å². The van der Waals surface area contributed by atoms with Crippen LogP contribution in [0.4, 0.5) is 5.69 Å². The van der Waals surface area contributed by atoms with E-state index >= 15 is 0 Å². The van der Waals surface area contributed by atoms with Crippen LogP contribution in [0.2, 0.25) is 0 Å². The van der Waals surface area contributed by atoms with Gasteiger partial charge in [0.05, 0.1) is 0 Å². The monoisotopic (exact) mass is 246 g/mol. The number of likely N-dealkylation sites (tertiary alicyclic amines) is 1. The molecule has 0 atom stereocenters. The average molecular weight is 246 g/mol. The van der Waals surface area contributed by atoms with E-state index in [1.165, 1.54) is 49.3 Å². The number of hydrogen-bond acceptors (Lipinski definition) is 2. The number of nitrogens with one attached hydrogen (secondary N) is 1. The smallest absolute Gasteiger partial charge is 0.0372 e. The molecule has 1 saturated heterocycles. The van der Waals surface area contributed by atoms with E-state index in [2.05, 4.69) is 49.2 Å². The fraction of sp³-hybridized carbons (Fsp3) is 0.625. The highest BCUT2D eigenvalue weighted by Crippen LogP contribution is 2.18. The van der Waals surface area contributed by atoms with E-state index in [9.17, 15) is 0 Å². The minimum absolute atomic E-state index is 0.924. The van der Waals surface area contributed by atoms with Crippen molar-refractivity contribution < 1.29 is 0 Å². The predicted molar refractivity (Wildman–Crippen MR) is 79.2 cm³/mol. The third kappa shape index (κ3) is 3.49. The minimum Gasteiger partial charge on any atom is -0.384 e. The van der Waals surface area contributed by atoms with Crippen LogP contribution < -0.4 is 5.32 Å². The molecule has 1 aromatic carbocycles. The number of nitrogens with zero attached hydrogens (tertiary/aromatic N) is 1. The Hall–Kier alpha value is -1.02. The zero-order valence-corrected chi connectivity index (χ0v) is 12.0. The van der Waals surface area contributed by atoms with Gasteiger partial charge in [-0.2, -0.15) is 0 Å². The number of aryl methyl sites for hydroxylation is 1. The molecule has 1 aromatic rings. The summed E-state index contributed by atoms with van der Waals surface area (Å²) < 4.78 is 0. The second-order valence-electron chi connectivity index (χ2n) is 5.70. The Labute approximate surface area is 111 Å². The first kappa shape index (κ1) is 13.4. The lowest BCUT2D eigenvalue weighted by Gasteiger charge is -2.30. The predicted octanol–water partition coefficient (Wildman–Crippen LogP) is 3.45. The Bertz CT molecular complexity index is 379. The summed E-state index contributed by atoms with van der Waals surface area (Å²) in [5.74, 6) is 0.924. The molecule has 1 aliphatic rings. The van der Waals surface area contributed by atoms with Crippen LogP contribution in [0.1, 0.15) is 30.9 Å². The van der Waals surface area contributed by atoms with Crippen molar-refractivity contribution in [3.63, 3.8) is 0 Å². The van der Waals surface area contributed by atoms with Crippen LogP contribution in [0.5, 0.6) is 0 Å². The molecule has 0 spiro atoms. The number of hydrogen-bond donors (Lipinski definition) is 1. The Morgan fingerprint density at radius 1 is 1.22 bits per heavy atom. The third-order valence-corrected chi connectivity index (χ3v) is 4.22. The van der Waals surface area contributed by atoms with Crippen molar-refractivity contribution in [1.29, 1.82) is 0 Å². The molecule has 1 fully saturated rings. The van der Waals surface area contributed by atoms with Crippen LogP contribution in [0, 0.1) is 19.8 Å². The molecule has 1 N–H and O–H groups in total. The van der Waals surface area contributed by atoms with Crippen molar-refractivity contribution in [3.8, 4) is 0 Å². The van der Waals surface area contributed by atoms with Crippen molar-refractivity contribution in [1.82, 2.24) is 4.90 Å². The van der Waals surface area contributed by atoms with Crippen LogP contribution in [0.25, 0.3) is 0 Å². The largest absolute Gasteiger partial charge is 0.384 e. The second-order valence-corrected chi connectivity index (χ2v) is 5.70. The van der Waals surface area contributed by atoms with Crippen molar-refractivity contribution in [2.75, 3.05) is 31.5 Å². The van der Waals surface area contributed by atoms with Crippen molar-refractivity contribution in [2.24, 2.45) is 5.92 Å². The summed E-state index contributed by atoms with van der Waals surface area (Å²) in [4.78, 5) is 2.58. The molecule has 100 valence electrons. The van der Waals surface area contributed by atoms with E-state index in [1.807, 2.05) is 0 Å². The molecule has 0 aromatic heterocycles. The highest BCUT2D eigenvalue weighted by molar-refractivity contribution is 5.53. The summed E-state index contributed by atoms with van der Waals surface area (Å²) in [6.07, 6.45) is 2.73. The van der Waals surface area contributed by atoms with Crippen LogP contribution in [-0.2, 0) is 0 Å². The topological polar surface area (TPSA) is 15.3 Å². The van der Waals surface area contributed by atoms with E-state index in [-0.39, 0.29) is 0 Å². The molecule has 2 nitrogen and oxygen atoms in total. The van der Waals surface area contributed by atoms with E-state index in [0.717, 1.165) is 12.5 Å². The van der Waals surface area contributed by atoms with Gasteiger partial charge in [-0.1, -0.05) is 19.1 Å². The van der Waals surface area contributed by atoms with Crippen LogP contribution >= 0.6 is 0 Å². The lowest BCUT2D eigenvalue weighted by molar-refractivity contribution is 0.199. The quantitative estimate of drug-likeness (QED) is 0.875. The van der Waals surface area contributed by atoms with Gasteiger partial charge in [-0.25, -0.2) is 0 Å². The minimum atomic E-state index is 0.924. The van der Waals surface area contributed by atoms with Gasteiger partial charge in [-0.05, 0) is 62.9 Å². The Morgan fingerprint density at radius 2 is 1.94 bits per heavy atom. The maximum Gasteiger partial charge on any atom is 0.0372 e. The van der Waals surface area contributed by atoms with Crippen LogP contribution in [-0.4, -0.2) is 31.1 Å². The maximum atomic E-state index is 3.57. The van der Waals surface area contributed by atoms with Gasteiger partial charge in [0.25, 0.3) is 0 Å². The third-order valence-electron chi connectivity index (χ3n) is 4.22.